The fourth-order valence-electron chi connectivity index (χ4n) is 2.97. The molecule has 7 nitrogen and oxygen atoms in total. The van der Waals surface area contributed by atoms with Gasteiger partial charge in [-0.25, -0.2) is 9.97 Å². The standard InChI is InChI=1S/C17H21ClN6O/c1-10-11(2)22-16(15(19)25)23-17(10)24-4-3-14(9-24)21-7-12-5-13(18)8-20-6-12/h5-6,8,14,21H,3-4,7,9H2,1-2H3,(H2,19,25)/t14-/m1/s1. The number of nitrogens with one attached hydrogen (secondary N) is 1. The third kappa shape index (κ3) is 4.05. The van der Waals surface area contributed by atoms with Crippen molar-refractivity contribution in [1.29, 1.82) is 0 Å². The van der Waals surface area contributed by atoms with Gasteiger partial charge in [0.05, 0.1) is 5.02 Å². The van der Waals surface area contributed by atoms with Gasteiger partial charge in [0.1, 0.15) is 5.82 Å². The third-order valence-electron chi connectivity index (χ3n) is 4.43. The Morgan fingerprint density at radius 3 is 2.92 bits per heavy atom. The SMILES string of the molecule is Cc1nc(C(N)=O)nc(N2CC[C@@H](NCc3cncc(Cl)c3)C2)c1C. The maximum atomic E-state index is 11.4. The molecule has 1 atom stereocenters. The Balaban J connectivity index is 1.67. The third-order valence-corrected chi connectivity index (χ3v) is 4.63. The molecular weight excluding hydrogens is 340 g/mol. The molecule has 2 aromatic heterocycles. The van der Waals surface area contributed by atoms with Crippen LogP contribution in [-0.4, -0.2) is 40.0 Å². The summed E-state index contributed by atoms with van der Waals surface area (Å²) in [5.74, 6) is 0.251. The molecule has 1 amide bonds. The van der Waals surface area contributed by atoms with Gasteiger partial charge < -0.3 is 16.0 Å². The second kappa shape index (κ2) is 7.33. The lowest BCUT2D eigenvalue weighted by molar-refractivity contribution is 0.0990. The molecule has 0 spiro atoms. The Kier molecular flexibility index (Phi) is 5.15. The summed E-state index contributed by atoms with van der Waals surface area (Å²) in [6.45, 7) is 6.21. The number of halogens is 1. The monoisotopic (exact) mass is 360 g/mol. The summed E-state index contributed by atoms with van der Waals surface area (Å²) in [5, 5.41) is 4.16. The summed E-state index contributed by atoms with van der Waals surface area (Å²) >= 11 is 5.97. The Labute approximate surface area is 151 Å². The van der Waals surface area contributed by atoms with Crippen molar-refractivity contribution < 1.29 is 4.79 Å². The molecule has 132 valence electrons. The summed E-state index contributed by atoms with van der Waals surface area (Å²) in [5.41, 5.74) is 8.15. The first-order chi connectivity index (χ1) is 11.9. The van der Waals surface area contributed by atoms with Crippen molar-refractivity contribution in [2.24, 2.45) is 5.73 Å². The fourth-order valence-corrected chi connectivity index (χ4v) is 3.16. The largest absolute Gasteiger partial charge is 0.363 e. The number of nitrogens with two attached hydrogens (primary N) is 1. The van der Waals surface area contributed by atoms with Gasteiger partial charge >= 0.3 is 0 Å². The number of amides is 1. The minimum atomic E-state index is -0.605. The van der Waals surface area contributed by atoms with Crippen molar-refractivity contribution in [2.45, 2.75) is 32.9 Å². The molecule has 2 aromatic rings. The van der Waals surface area contributed by atoms with E-state index >= 15 is 0 Å². The molecule has 0 saturated carbocycles. The molecule has 0 aromatic carbocycles. The number of pyridine rings is 1. The smallest absolute Gasteiger partial charge is 0.286 e. The zero-order valence-corrected chi connectivity index (χ0v) is 15.0. The molecule has 1 saturated heterocycles. The number of nitrogens with zero attached hydrogens (tertiary/aromatic N) is 4. The summed E-state index contributed by atoms with van der Waals surface area (Å²) in [6, 6.07) is 2.23. The fraction of sp³-hybridized carbons (Fsp3) is 0.412. The van der Waals surface area contributed by atoms with Crippen LogP contribution in [0.2, 0.25) is 5.02 Å². The van der Waals surface area contributed by atoms with E-state index in [1.54, 1.807) is 6.20 Å². The molecule has 3 N–H and O–H groups in total. The number of anilines is 1. The van der Waals surface area contributed by atoms with E-state index in [1.165, 1.54) is 0 Å². The zero-order valence-electron chi connectivity index (χ0n) is 14.3. The van der Waals surface area contributed by atoms with Crippen molar-refractivity contribution in [3.05, 3.63) is 46.1 Å². The maximum absolute atomic E-state index is 11.4. The van der Waals surface area contributed by atoms with E-state index in [4.69, 9.17) is 17.3 Å². The van der Waals surface area contributed by atoms with Gasteiger partial charge in [0.15, 0.2) is 0 Å². The molecule has 25 heavy (non-hydrogen) atoms. The predicted molar refractivity (Wildman–Crippen MR) is 96.7 cm³/mol. The number of hydrogen-bond donors (Lipinski definition) is 2. The van der Waals surface area contributed by atoms with Crippen LogP contribution in [0.3, 0.4) is 0 Å². The van der Waals surface area contributed by atoms with Crippen LogP contribution in [0.4, 0.5) is 5.82 Å². The highest BCUT2D eigenvalue weighted by Crippen LogP contribution is 2.24. The van der Waals surface area contributed by atoms with Crippen LogP contribution in [0.15, 0.2) is 18.5 Å². The highest BCUT2D eigenvalue weighted by Gasteiger charge is 2.26. The van der Waals surface area contributed by atoms with Crippen LogP contribution in [0, 0.1) is 13.8 Å². The van der Waals surface area contributed by atoms with Crippen LogP contribution >= 0.6 is 11.6 Å². The lowest BCUT2D eigenvalue weighted by Crippen LogP contribution is -2.33. The molecule has 0 bridgehead atoms. The van der Waals surface area contributed by atoms with Gasteiger partial charge in [-0.15, -0.1) is 0 Å². The van der Waals surface area contributed by atoms with Crippen LogP contribution in [0.5, 0.6) is 0 Å². The van der Waals surface area contributed by atoms with Gasteiger partial charge in [0.25, 0.3) is 5.91 Å². The molecule has 0 radical (unpaired) electrons. The number of primary amides is 1. The van der Waals surface area contributed by atoms with E-state index in [2.05, 4.69) is 25.2 Å². The van der Waals surface area contributed by atoms with Gasteiger partial charge in [-0.1, -0.05) is 11.6 Å². The molecule has 1 aliphatic heterocycles. The van der Waals surface area contributed by atoms with Crippen molar-refractivity contribution in [3.63, 3.8) is 0 Å². The Morgan fingerprint density at radius 1 is 1.40 bits per heavy atom. The van der Waals surface area contributed by atoms with E-state index in [-0.39, 0.29) is 5.82 Å². The van der Waals surface area contributed by atoms with Crippen LogP contribution in [-0.2, 0) is 6.54 Å². The minimum Gasteiger partial charge on any atom is -0.363 e. The molecule has 0 aliphatic carbocycles. The summed E-state index contributed by atoms with van der Waals surface area (Å²) in [7, 11) is 0. The number of carbonyl (C=O) groups is 1. The van der Waals surface area contributed by atoms with Crippen molar-refractivity contribution in [2.75, 3.05) is 18.0 Å². The first kappa shape index (κ1) is 17.6. The Bertz CT molecular complexity index is 797. The van der Waals surface area contributed by atoms with E-state index in [0.29, 0.717) is 17.6 Å². The topological polar surface area (TPSA) is 97.0 Å². The number of hydrogen-bond acceptors (Lipinski definition) is 6. The quantitative estimate of drug-likeness (QED) is 0.840. The number of rotatable bonds is 5. The van der Waals surface area contributed by atoms with Gasteiger partial charge in [-0.05, 0) is 31.9 Å². The molecule has 3 heterocycles. The predicted octanol–water partition coefficient (Wildman–Crippen LogP) is 1.61. The highest BCUT2D eigenvalue weighted by atomic mass is 35.5. The zero-order chi connectivity index (χ0) is 18.0. The number of aromatic nitrogens is 3. The second-order valence-corrected chi connectivity index (χ2v) is 6.71. The van der Waals surface area contributed by atoms with Crippen molar-refractivity contribution in [1.82, 2.24) is 20.3 Å². The molecule has 3 rings (SSSR count). The Morgan fingerprint density at radius 2 is 2.20 bits per heavy atom. The van der Waals surface area contributed by atoms with Crippen LogP contribution in [0.25, 0.3) is 0 Å². The first-order valence-corrected chi connectivity index (χ1v) is 8.54. The van der Waals surface area contributed by atoms with Gasteiger partial charge in [0, 0.05) is 49.3 Å². The lowest BCUT2D eigenvalue weighted by atomic mass is 10.2. The number of carbonyl (C=O) groups excluding carboxylic acids is 1. The molecule has 1 aliphatic rings. The Hall–Kier alpha value is -2.25. The minimum absolute atomic E-state index is 0.0690. The van der Waals surface area contributed by atoms with E-state index in [0.717, 1.165) is 42.1 Å². The summed E-state index contributed by atoms with van der Waals surface area (Å²) in [4.78, 5) is 26.2. The van der Waals surface area contributed by atoms with Gasteiger partial charge in [-0.2, -0.15) is 0 Å². The van der Waals surface area contributed by atoms with E-state index < -0.39 is 5.91 Å². The average Bonchev–Trinajstić information content (AvgIpc) is 3.04. The number of aryl methyl sites for hydroxylation is 1. The maximum Gasteiger partial charge on any atom is 0.286 e. The van der Waals surface area contributed by atoms with Gasteiger partial charge in [-0.3, -0.25) is 9.78 Å². The molecule has 0 unspecified atom stereocenters. The van der Waals surface area contributed by atoms with Crippen LogP contribution in [0.1, 0.15) is 33.9 Å². The van der Waals surface area contributed by atoms with Crippen molar-refractivity contribution in [3.8, 4) is 0 Å². The highest BCUT2D eigenvalue weighted by molar-refractivity contribution is 6.30. The average molecular weight is 361 g/mol. The van der Waals surface area contributed by atoms with Crippen LogP contribution < -0.4 is 16.0 Å². The summed E-state index contributed by atoms with van der Waals surface area (Å²) < 4.78 is 0. The normalized spacial score (nSPS) is 17.1. The van der Waals surface area contributed by atoms with Crippen molar-refractivity contribution >= 4 is 23.3 Å². The second-order valence-electron chi connectivity index (χ2n) is 6.27. The molecule has 1 fully saturated rings. The first-order valence-electron chi connectivity index (χ1n) is 8.17. The lowest BCUT2D eigenvalue weighted by Gasteiger charge is -2.21. The van der Waals surface area contributed by atoms with Gasteiger partial charge in [0.2, 0.25) is 5.82 Å². The molecular formula is C17H21ClN6O. The van der Waals surface area contributed by atoms with E-state index in [9.17, 15) is 4.79 Å². The molecule has 8 heteroatoms. The van der Waals surface area contributed by atoms with E-state index in [1.807, 2.05) is 26.1 Å². The summed E-state index contributed by atoms with van der Waals surface area (Å²) in [6.07, 6.45) is 4.42.